The Balaban J connectivity index is 1.27. The summed E-state index contributed by atoms with van der Waals surface area (Å²) < 4.78 is 7.24. The molecule has 0 unspecified atom stereocenters. The van der Waals surface area contributed by atoms with Crippen molar-refractivity contribution in [1.29, 1.82) is 0 Å². The number of rotatable bonds is 6. The molecule has 180 valence electrons. The Bertz CT molecular complexity index is 1620. The van der Waals surface area contributed by atoms with Crippen molar-refractivity contribution in [2.24, 2.45) is 0 Å². The maximum atomic E-state index is 12.9. The maximum Gasteiger partial charge on any atom is 0.263 e. The number of aromatic nitrogens is 4. The monoisotopic (exact) mass is 497 g/mol. The largest absolute Gasteiger partial charge is 0.484 e. The number of hydrogen-bond donors (Lipinski definition) is 2. The molecule has 0 fully saturated rings. The number of amides is 1. The minimum Gasteiger partial charge on any atom is -0.484 e. The summed E-state index contributed by atoms with van der Waals surface area (Å²) in [5.41, 5.74) is 2.06. The molecule has 0 aliphatic heterocycles. The second-order valence-corrected chi connectivity index (χ2v) is 9.62. The van der Waals surface area contributed by atoms with Crippen molar-refractivity contribution < 1.29 is 9.53 Å². The predicted molar refractivity (Wildman–Crippen MR) is 140 cm³/mol. The van der Waals surface area contributed by atoms with Crippen molar-refractivity contribution in [2.45, 2.75) is 25.7 Å². The van der Waals surface area contributed by atoms with Crippen LogP contribution >= 0.6 is 11.3 Å². The number of aromatic amines is 1. The number of H-pyrrole nitrogens is 1. The van der Waals surface area contributed by atoms with E-state index in [1.807, 2.05) is 60.0 Å². The highest BCUT2D eigenvalue weighted by molar-refractivity contribution is 7.13. The molecular weight excluding hydrogens is 474 g/mol. The fourth-order valence-electron chi connectivity index (χ4n) is 4.45. The minimum atomic E-state index is -0.345. The molecule has 0 radical (unpaired) electrons. The van der Waals surface area contributed by atoms with Gasteiger partial charge in [0.05, 0.1) is 10.6 Å². The Labute approximate surface area is 210 Å². The number of hydrogen-bond acceptors (Lipinski definition) is 6. The van der Waals surface area contributed by atoms with Gasteiger partial charge < -0.3 is 10.1 Å². The Morgan fingerprint density at radius 1 is 1.06 bits per heavy atom. The van der Waals surface area contributed by atoms with Crippen LogP contribution in [0.15, 0.2) is 70.8 Å². The van der Waals surface area contributed by atoms with Crippen LogP contribution in [0.25, 0.3) is 27.3 Å². The van der Waals surface area contributed by atoms with E-state index in [1.54, 1.807) is 17.4 Å². The molecule has 36 heavy (non-hydrogen) atoms. The van der Waals surface area contributed by atoms with Gasteiger partial charge in [-0.05, 0) is 60.0 Å². The third-order valence-electron chi connectivity index (χ3n) is 6.22. The van der Waals surface area contributed by atoms with E-state index >= 15 is 0 Å². The molecule has 3 aromatic heterocycles. The van der Waals surface area contributed by atoms with Crippen LogP contribution in [-0.2, 0) is 17.6 Å². The molecule has 0 atom stereocenters. The highest BCUT2D eigenvalue weighted by Crippen LogP contribution is 2.28. The van der Waals surface area contributed by atoms with Gasteiger partial charge in [-0.2, -0.15) is 9.78 Å². The molecule has 2 N–H and O–H groups in total. The van der Waals surface area contributed by atoms with E-state index in [2.05, 4.69) is 15.4 Å². The summed E-state index contributed by atoms with van der Waals surface area (Å²) in [5, 5.41) is 11.6. The summed E-state index contributed by atoms with van der Waals surface area (Å²) in [6.07, 6.45) is 3.47. The normalized spacial score (nSPS) is 12.9. The van der Waals surface area contributed by atoms with Gasteiger partial charge in [0.25, 0.3) is 11.5 Å². The first-order valence-corrected chi connectivity index (χ1v) is 12.7. The molecule has 6 rings (SSSR count). The van der Waals surface area contributed by atoms with Crippen LogP contribution in [0.3, 0.4) is 0 Å². The lowest BCUT2D eigenvalue weighted by molar-refractivity contribution is -0.118. The average molecular weight is 498 g/mol. The molecule has 0 saturated carbocycles. The third kappa shape index (κ3) is 4.40. The summed E-state index contributed by atoms with van der Waals surface area (Å²) in [5.74, 6) is 0.957. The lowest BCUT2D eigenvalue weighted by Gasteiger charge is -2.15. The van der Waals surface area contributed by atoms with E-state index in [-0.39, 0.29) is 24.0 Å². The molecule has 3 heterocycles. The quantitative estimate of drug-likeness (QED) is 0.353. The van der Waals surface area contributed by atoms with Crippen LogP contribution in [-0.4, -0.2) is 32.3 Å². The zero-order valence-electron chi connectivity index (χ0n) is 19.4. The molecule has 1 amide bonds. The summed E-state index contributed by atoms with van der Waals surface area (Å²) in [4.78, 5) is 34.1. The fraction of sp³-hybridized carbons (Fsp3) is 0.185. The Hall–Kier alpha value is -4.24. The molecule has 9 heteroatoms. The van der Waals surface area contributed by atoms with Crippen LogP contribution in [0.4, 0.5) is 5.82 Å². The second-order valence-electron chi connectivity index (χ2n) is 8.67. The molecule has 2 aromatic carbocycles. The van der Waals surface area contributed by atoms with E-state index < -0.39 is 0 Å². The molecule has 8 nitrogen and oxygen atoms in total. The van der Waals surface area contributed by atoms with E-state index in [9.17, 15) is 9.59 Å². The minimum absolute atomic E-state index is 0.153. The van der Waals surface area contributed by atoms with Crippen molar-refractivity contribution in [3.05, 3.63) is 87.7 Å². The highest BCUT2D eigenvalue weighted by Gasteiger charge is 2.20. The topological polar surface area (TPSA) is 102 Å². The number of thiophene rings is 1. The van der Waals surface area contributed by atoms with Crippen LogP contribution in [0.5, 0.6) is 5.75 Å². The van der Waals surface area contributed by atoms with Gasteiger partial charge >= 0.3 is 0 Å². The lowest BCUT2D eigenvalue weighted by Crippen LogP contribution is -2.26. The summed E-state index contributed by atoms with van der Waals surface area (Å²) in [7, 11) is 0. The number of fused-ring (bicyclic) bond motifs is 2. The number of aryl methyl sites for hydroxylation is 1. The SMILES string of the molecule is O=C(COc1ccc2ccccc2c1)Nc1cc(-c2cccs2)nn1-c1nc2c(c(=O)[nH]1)CCCC2. The van der Waals surface area contributed by atoms with Crippen molar-refractivity contribution in [1.82, 2.24) is 19.7 Å². The van der Waals surface area contributed by atoms with E-state index in [0.29, 0.717) is 17.3 Å². The average Bonchev–Trinajstić information content (AvgIpc) is 3.58. The fourth-order valence-corrected chi connectivity index (χ4v) is 5.13. The van der Waals surface area contributed by atoms with Gasteiger partial charge in [0, 0.05) is 11.6 Å². The van der Waals surface area contributed by atoms with Gasteiger partial charge in [-0.15, -0.1) is 11.3 Å². The van der Waals surface area contributed by atoms with Crippen LogP contribution in [0.1, 0.15) is 24.1 Å². The van der Waals surface area contributed by atoms with Crippen LogP contribution in [0, 0.1) is 0 Å². The Morgan fingerprint density at radius 2 is 1.92 bits per heavy atom. The summed E-state index contributed by atoms with van der Waals surface area (Å²) in [6, 6.07) is 19.3. The summed E-state index contributed by atoms with van der Waals surface area (Å²) >= 11 is 1.54. The standard InChI is InChI=1S/C27H23N5O3S/c33-25(16-35-19-12-11-17-6-1-2-7-18(17)14-19)29-24-15-22(23-10-5-13-36-23)31-32(24)27-28-21-9-4-3-8-20(21)26(34)30-27/h1-2,5-7,10-15H,3-4,8-9,16H2,(H,29,33)(H,28,30,34). The van der Waals surface area contributed by atoms with E-state index in [4.69, 9.17) is 9.72 Å². The molecule has 0 bridgehead atoms. The summed E-state index contributed by atoms with van der Waals surface area (Å²) in [6.45, 7) is -0.175. The van der Waals surface area contributed by atoms with Gasteiger partial charge in [-0.3, -0.25) is 14.6 Å². The van der Waals surface area contributed by atoms with Gasteiger partial charge in [0.1, 0.15) is 17.3 Å². The van der Waals surface area contributed by atoms with Crippen LogP contribution < -0.4 is 15.6 Å². The van der Waals surface area contributed by atoms with Crippen molar-refractivity contribution in [3.8, 4) is 22.3 Å². The zero-order valence-corrected chi connectivity index (χ0v) is 20.2. The molecule has 1 aliphatic carbocycles. The first-order chi connectivity index (χ1) is 17.6. The van der Waals surface area contributed by atoms with Crippen LogP contribution in [0.2, 0.25) is 0 Å². The van der Waals surface area contributed by atoms with E-state index in [0.717, 1.165) is 52.6 Å². The number of carbonyl (C=O) groups excluding carboxylic acids is 1. The van der Waals surface area contributed by atoms with Gasteiger partial charge in [-0.1, -0.05) is 36.4 Å². The lowest BCUT2D eigenvalue weighted by atomic mass is 9.97. The Kier molecular flexibility index (Phi) is 5.82. The third-order valence-corrected chi connectivity index (χ3v) is 7.11. The number of carbonyl (C=O) groups is 1. The molecular formula is C27H23N5O3S. The van der Waals surface area contributed by atoms with E-state index in [1.165, 1.54) is 4.68 Å². The van der Waals surface area contributed by atoms with Crippen molar-refractivity contribution in [2.75, 3.05) is 11.9 Å². The molecule has 1 aliphatic rings. The molecule has 0 saturated heterocycles. The number of ether oxygens (including phenoxy) is 1. The second kappa shape index (κ2) is 9.43. The number of anilines is 1. The maximum absolute atomic E-state index is 12.9. The van der Waals surface area contributed by atoms with Gasteiger partial charge in [0.15, 0.2) is 6.61 Å². The first-order valence-electron chi connectivity index (χ1n) is 11.8. The van der Waals surface area contributed by atoms with Gasteiger partial charge in [-0.25, -0.2) is 4.98 Å². The smallest absolute Gasteiger partial charge is 0.263 e. The molecule has 0 spiro atoms. The van der Waals surface area contributed by atoms with Crippen molar-refractivity contribution in [3.63, 3.8) is 0 Å². The predicted octanol–water partition coefficient (Wildman–Crippen LogP) is 4.73. The Morgan fingerprint density at radius 3 is 2.78 bits per heavy atom. The van der Waals surface area contributed by atoms with Gasteiger partial charge in [0.2, 0.25) is 5.95 Å². The highest BCUT2D eigenvalue weighted by atomic mass is 32.1. The number of nitrogens with one attached hydrogen (secondary N) is 2. The van der Waals surface area contributed by atoms with Crippen molar-refractivity contribution >= 4 is 33.8 Å². The zero-order chi connectivity index (χ0) is 24.5. The molecule has 5 aromatic rings. The number of benzene rings is 2. The number of nitrogens with zero attached hydrogens (tertiary/aromatic N) is 3. The first kappa shape index (κ1) is 22.2.